The maximum absolute atomic E-state index is 13.3. The summed E-state index contributed by atoms with van der Waals surface area (Å²) in [5, 5.41) is 2.13. The summed E-state index contributed by atoms with van der Waals surface area (Å²) in [6.45, 7) is 0. The molecule has 3 nitrogen and oxygen atoms in total. The van der Waals surface area contributed by atoms with Crippen LogP contribution in [0, 0.1) is 17.5 Å². The molecule has 0 spiro atoms. The largest absolute Gasteiger partial charge is 0.319 e. The molecule has 0 bridgehead atoms. The van der Waals surface area contributed by atoms with Crippen LogP contribution in [0.25, 0.3) is 0 Å². The molecule has 0 aliphatic heterocycles. The highest BCUT2D eigenvalue weighted by atomic mass is 19.2. The number of carbonyl (C=O) groups excluding carboxylic acids is 1. The molecule has 1 amide bonds. The molecule has 0 aliphatic rings. The smallest absolute Gasteiger partial charge is 0.257 e. The first kappa shape index (κ1) is 12.1. The number of halogens is 3. The summed E-state index contributed by atoms with van der Waals surface area (Å²) in [5.74, 6) is -4.26. The van der Waals surface area contributed by atoms with E-state index in [1.54, 1.807) is 0 Å². The van der Waals surface area contributed by atoms with Crippen molar-refractivity contribution in [3.63, 3.8) is 0 Å². The predicted octanol–water partition coefficient (Wildman–Crippen LogP) is 2.75. The van der Waals surface area contributed by atoms with Crippen molar-refractivity contribution < 1.29 is 18.0 Å². The van der Waals surface area contributed by atoms with Crippen molar-refractivity contribution in [3.8, 4) is 0 Å². The minimum atomic E-state index is -1.31. The van der Waals surface area contributed by atoms with E-state index < -0.39 is 29.0 Å². The van der Waals surface area contributed by atoms with Gasteiger partial charge in [0.05, 0.1) is 11.3 Å². The zero-order valence-corrected chi connectivity index (χ0v) is 8.95. The van der Waals surface area contributed by atoms with E-state index in [0.29, 0.717) is 12.1 Å². The normalized spacial score (nSPS) is 10.2. The molecule has 1 heterocycles. The van der Waals surface area contributed by atoms with E-state index in [1.807, 2.05) is 0 Å². The minimum Gasteiger partial charge on any atom is -0.319 e. The third-order valence-corrected chi connectivity index (χ3v) is 2.18. The fourth-order valence-corrected chi connectivity index (χ4v) is 1.31. The molecule has 92 valence electrons. The molecule has 1 aromatic carbocycles. The van der Waals surface area contributed by atoms with Crippen LogP contribution in [0.2, 0.25) is 0 Å². The van der Waals surface area contributed by atoms with Crippen molar-refractivity contribution >= 4 is 11.6 Å². The number of hydrogen-bond donors (Lipinski definition) is 1. The average Bonchev–Trinajstić information content (AvgIpc) is 2.37. The molecular weight excluding hydrogens is 245 g/mol. The number of nitrogens with one attached hydrogen (secondary N) is 1. The van der Waals surface area contributed by atoms with Crippen molar-refractivity contribution in [3.05, 3.63) is 59.7 Å². The lowest BCUT2D eigenvalue weighted by Gasteiger charge is -2.06. The Kier molecular flexibility index (Phi) is 3.27. The van der Waals surface area contributed by atoms with Crippen LogP contribution in [-0.4, -0.2) is 10.9 Å². The van der Waals surface area contributed by atoms with Gasteiger partial charge in [0.1, 0.15) is 5.82 Å². The Hall–Kier alpha value is -2.37. The average molecular weight is 252 g/mol. The first-order chi connectivity index (χ1) is 8.58. The number of anilines is 1. The Balaban J connectivity index is 2.25. The highest BCUT2D eigenvalue weighted by Crippen LogP contribution is 2.19. The van der Waals surface area contributed by atoms with Crippen LogP contribution in [0.15, 0.2) is 36.7 Å². The van der Waals surface area contributed by atoms with Gasteiger partial charge in [-0.1, -0.05) is 0 Å². The van der Waals surface area contributed by atoms with Crippen molar-refractivity contribution in [2.45, 2.75) is 0 Å². The van der Waals surface area contributed by atoms with Gasteiger partial charge in [-0.15, -0.1) is 0 Å². The Morgan fingerprint density at radius 2 is 1.83 bits per heavy atom. The zero-order chi connectivity index (χ0) is 13.1. The van der Waals surface area contributed by atoms with E-state index in [9.17, 15) is 18.0 Å². The van der Waals surface area contributed by atoms with Crippen LogP contribution in [0.4, 0.5) is 18.9 Å². The van der Waals surface area contributed by atoms with Crippen LogP contribution in [0.3, 0.4) is 0 Å². The molecule has 0 aliphatic carbocycles. The monoisotopic (exact) mass is 252 g/mol. The summed E-state index contributed by atoms with van der Waals surface area (Å²) < 4.78 is 38.9. The Bertz CT molecular complexity index is 587. The molecule has 1 N–H and O–H groups in total. The van der Waals surface area contributed by atoms with Crippen LogP contribution >= 0.6 is 0 Å². The van der Waals surface area contributed by atoms with Gasteiger partial charge in [0.15, 0.2) is 11.6 Å². The van der Waals surface area contributed by atoms with E-state index in [4.69, 9.17) is 0 Å². The first-order valence-electron chi connectivity index (χ1n) is 4.94. The quantitative estimate of drug-likeness (QED) is 0.835. The first-order valence-corrected chi connectivity index (χ1v) is 4.94. The van der Waals surface area contributed by atoms with E-state index in [2.05, 4.69) is 10.3 Å². The van der Waals surface area contributed by atoms with Crippen LogP contribution in [0.1, 0.15) is 10.4 Å². The van der Waals surface area contributed by atoms with Gasteiger partial charge in [-0.3, -0.25) is 9.78 Å². The predicted molar refractivity (Wildman–Crippen MR) is 58.5 cm³/mol. The molecule has 0 unspecified atom stereocenters. The van der Waals surface area contributed by atoms with Gasteiger partial charge in [-0.05, 0) is 12.1 Å². The lowest BCUT2D eigenvalue weighted by Crippen LogP contribution is -2.13. The van der Waals surface area contributed by atoms with Gasteiger partial charge in [-0.25, -0.2) is 13.2 Å². The number of benzene rings is 1. The van der Waals surface area contributed by atoms with E-state index in [-0.39, 0.29) is 5.56 Å². The van der Waals surface area contributed by atoms with Gasteiger partial charge in [0, 0.05) is 24.5 Å². The van der Waals surface area contributed by atoms with Crippen molar-refractivity contribution in [2.24, 2.45) is 0 Å². The molecule has 0 radical (unpaired) electrons. The third-order valence-electron chi connectivity index (χ3n) is 2.18. The highest BCUT2D eigenvalue weighted by Gasteiger charge is 2.13. The fraction of sp³-hybridized carbons (Fsp3) is 0. The summed E-state index contributed by atoms with van der Waals surface area (Å²) >= 11 is 0. The maximum atomic E-state index is 13.3. The van der Waals surface area contributed by atoms with E-state index in [1.165, 1.54) is 24.5 Å². The number of hydrogen-bond acceptors (Lipinski definition) is 2. The molecule has 0 saturated heterocycles. The van der Waals surface area contributed by atoms with Gasteiger partial charge in [-0.2, -0.15) is 0 Å². The summed E-state index contributed by atoms with van der Waals surface area (Å²) in [6.07, 6.45) is 2.74. The van der Waals surface area contributed by atoms with Crippen molar-refractivity contribution in [2.75, 3.05) is 5.32 Å². The highest BCUT2D eigenvalue weighted by molar-refractivity contribution is 6.04. The SMILES string of the molecule is O=C(Nc1cc(F)c(F)cc1F)c1cccnc1. The van der Waals surface area contributed by atoms with Gasteiger partial charge in [0.2, 0.25) is 0 Å². The third kappa shape index (κ3) is 2.48. The molecule has 0 atom stereocenters. The van der Waals surface area contributed by atoms with Crippen LogP contribution in [0.5, 0.6) is 0 Å². The van der Waals surface area contributed by atoms with Gasteiger partial charge >= 0.3 is 0 Å². The lowest BCUT2D eigenvalue weighted by atomic mass is 10.2. The molecule has 1 aromatic heterocycles. The summed E-state index contributed by atoms with van der Waals surface area (Å²) in [6, 6.07) is 3.93. The molecule has 2 aromatic rings. The van der Waals surface area contributed by atoms with Crippen LogP contribution in [-0.2, 0) is 0 Å². The number of nitrogens with zero attached hydrogens (tertiary/aromatic N) is 1. The molecule has 0 fully saturated rings. The van der Waals surface area contributed by atoms with Crippen molar-refractivity contribution in [1.82, 2.24) is 4.98 Å². The number of aromatic nitrogens is 1. The number of pyridine rings is 1. The lowest BCUT2D eigenvalue weighted by molar-refractivity contribution is 0.102. The molecule has 2 rings (SSSR count). The molecule has 18 heavy (non-hydrogen) atoms. The number of rotatable bonds is 2. The summed E-state index contributed by atoms with van der Waals surface area (Å²) in [7, 11) is 0. The van der Waals surface area contributed by atoms with Crippen molar-refractivity contribution in [1.29, 1.82) is 0 Å². The molecule has 0 saturated carbocycles. The summed E-state index contributed by atoms with van der Waals surface area (Å²) in [4.78, 5) is 15.3. The number of carbonyl (C=O) groups is 1. The van der Waals surface area contributed by atoms with Crippen LogP contribution < -0.4 is 5.32 Å². The van der Waals surface area contributed by atoms with E-state index >= 15 is 0 Å². The maximum Gasteiger partial charge on any atom is 0.257 e. The van der Waals surface area contributed by atoms with Gasteiger partial charge in [0.25, 0.3) is 5.91 Å². The topological polar surface area (TPSA) is 42.0 Å². The Morgan fingerprint density at radius 3 is 2.50 bits per heavy atom. The fourth-order valence-electron chi connectivity index (χ4n) is 1.31. The van der Waals surface area contributed by atoms with Gasteiger partial charge < -0.3 is 5.32 Å². The second kappa shape index (κ2) is 4.87. The second-order valence-electron chi connectivity index (χ2n) is 3.44. The zero-order valence-electron chi connectivity index (χ0n) is 8.95. The standard InChI is InChI=1S/C12H7F3N2O/c13-8-4-10(15)11(5-9(8)14)17-12(18)7-2-1-3-16-6-7/h1-6H,(H,17,18). The molecular formula is C12H7F3N2O. The Morgan fingerprint density at radius 1 is 1.11 bits per heavy atom. The summed E-state index contributed by atoms with van der Waals surface area (Å²) in [5.41, 5.74) is -0.246. The molecule has 6 heteroatoms. The Labute approximate surface area is 100 Å². The van der Waals surface area contributed by atoms with E-state index in [0.717, 1.165) is 0 Å². The second-order valence-corrected chi connectivity index (χ2v) is 3.44. The number of amides is 1. The minimum absolute atomic E-state index is 0.182.